The van der Waals surface area contributed by atoms with E-state index in [1.807, 2.05) is 0 Å². The van der Waals surface area contributed by atoms with E-state index in [4.69, 9.17) is 9.53 Å². The lowest BCUT2D eigenvalue weighted by atomic mass is 10.1. The SMILES string of the molecule is CCCCCCCC[Si](C)(C)OC(C)C.OC=S. The molecule has 0 fully saturated rings. The first kappa shape index (κ1) is 20.4. The third-order valence-electron chi connectivity index (χ3n) is 2.69. The van der Waals surface area contributed by atoms with E-state index in [9.17, 15) is 0 Å². The predicted molar refractivity (Wildman–Crippen MR) is 88.2 cm³/mol. The lowest BCUT2D eigenvalue weighted by Gasteiger charge is -2.25. The van der Waals surface area contributed by atoms with Gasteiger partial charge >= 0.3 is 0 Å². The summed E-state index contributed by atoms with van der Waals surface area (Å²) in [5.41, 5.74) is 0.583. The van der Waals surface area contributed by atoms with Crippen LogP contribution in [0.3, 0.4) is 0 Å². The van der Waals surface area contributed by atoms with Gasteiger partial charge in [-0.2, -0.15) is 0 Å². The van der Waals surface area contributed by atoms with E-state index in [2.05, 4.69) is 46.1 Å². The molecule has 1 N–H and O–H groups in total. The van der Waals surface area contributed by atoms with Crippen LogP contribution in [0.5, 0.6) is 0 Å². The molecular weight excluding hydrogens is 260 g/mol. The fraction of sp³-hybridized carbons (Fsp3) is 0.929. The van der Waals surface area contributed by atoms with Gasteiger partial charge in [0, 0.05) is 6.10 Å². The zero-order chi connectivity index (χ0) is 14.4. The second-order valence-electron chi connectivity index (χ2n) is 5.55. The highest BCUT2D eigenvalue weighted by Gasteiger charge is 2.22. The molecule has 0 unspecified atom stereocenters. The molecule has 110 valence electrons. The van der Waals surface area contributed by atoms with E-state index < -0.39 is 8.32 Å². The molecule has 0 aliphatic heterocycles. The molecule has 0 aliphatic rings. The van der Waals surface area contributed by atoms with Crippen LogP contribution >= 0.6 is 12.2 Å². The summed E-state index contributed by atoms with van der Waals surface area (Å²) in [6, 6.07) is 1.33. The van der Waals surface area contributed by atoms with Crippen LogP contribution in [0.25, 0.3) is 0 Å². The number of unbranched alkanes of at least 4 members (excludes halogenated alkanes) is 5. The first-order chi connectivity index (χ1) is 8.39. The summed E-state index contributed by atoms with van der Waals surface area (Å²) in [6.45, 7) is 11.3. The number of hydrogen-bond donors (Lipinski definition) is 1. The second-order valence-corrected chi connectivity index (χ2v) is 10.0. The Labute approximate surface area is 120 Å². The van der Waals surface area contributed by atoms with Crippen LogP contribution < -0.4 is 0 Å². The van der Waals surface area contributed by atoms with Gasteiger partial charge in [0.25, 0.3) is 0 Å². The molecular formula is C14H32O2SSi. The Kier molecular flexibility index (Phi) is 15.3. The maximum Gasteiger partial charge on any atom is 0.187 e. The summed E-state index contributed by atoms with van der Waals surface area (Å²) in [4.78, 5) is 0. The van der Waals surface area contributed by atoms with Crippen LogP contribution in [0.2, 0.25) is 19.1 Å². The van der Waals surface area contributed by atoms with Crippen molar-refractivity contribution < 1.29 is 9.53 Å². The minimum atomic E-state index is -1.33. The summed E-state index contributed by atoms with van der Waals surface area (Å²) in [5.74, 6) is 0. The first-order valence-electron chi connectivity index (χ1n) is 7.15. The maximum atomic E-state index is 7.26. The van der Waals surface area contributed by atoms with Gasteiger partial charge in [0.15, 0.2) is 8.32 Å². The Bertz CT molecular complexity index is 185. The van der Waals surface area contributed by atoms with Gasteiger partial charge in [-0.05, 0) is 45.2 Å². The van der Waals surface area contributed by atoms with Gasteiger partial charge in [-0.1, -0.05) is 45.4 Å². The van der Waals surface area contributed by atoms with Gasteiger partial charge in [-0.25, -0.2) is 0 Å². The summed E-state index contributed by atoms with van der Waals surface area (Å²) < 4.78 is 6.00. The van der Waals surface area contributed by atoms with Crippen LogP contribution in [0.4, 0.5) is 0 Å². The van der Waals surface area contributed by atoms with Crippen molar-refractivity contribution >= 4 is 26.1 Å². The van der Waals surface area contributed by atoms with Crippen LogP contribution in [-0.2, 0) is 4.43 Å². The van der Waals surface area contributed by atoms with Crippen molar-refractivity contribution in [2.24, 2.45) is 0 Å². The third kappa shape index (κ3) is 18.4. The van der Waals surface area contributed by atoms with Gasteiger partial charge in [0.05, 0.1) is 0 Å². The largest absolute Gasteiger partial charge is 0.504 e. The van der Waals surface area contributed by atoms with E-state index in [0.717, 1.165) is 0 Å². The molecule has 0 amide bonds. The average molecular weight is 293 g/mol. The van der Waals surface area contributed by atoms with E-state index >= 15 is 0 Å². The fourth-order valence-electron chi connectivity index (χ4n) is 2.03. The predicted octanol–water partition coefficient (Wildman–Crippen LogP) is 5.48. The standard InChI is InChI=1S/C13H30OSi.CH2OS/c1-6-7-8-9-10-11-12-15(4,5)14-13(2)3;2-1-3/h13H,6-12H2,1-5H3;1H,(H,2,3). The molecule has 0 aliphatic carbocycles. The zero-order valence-corrected chi connectivity index (χ0v) is 14.7. The molecule has 0 saturated carbocycles. The number of rotatable bonds is 9. The quantitative estimate of drug-likeness (QED) is 0.347. The number of hydrogen-bond acceptors (Lipinski definition) is 2. The Morgan fingerprint density at radius 1 is 1.11 bits per heavy atom. The van der Waals surface area contributed by atoms with Gasteiger partial charge in [0.1, 0.15) is 5.55 Å². The molecule has 2 nitrogen and oxygen atoms in total. The molecule has 0 saturated heterocycles. The Morgan fingerprint density at radius 2 is 1.56 bits per heavy atom. The minimum Gasteiger partial charge on any atom is -0.504 e. The average Bonchev–Trinajstić information content (AvgIpc) is 2.22. The summed E-state index contributed by atoms with van der Waals surface area (Å²) in [6.07, 6.45) is 8.77. The lowest BCUT2D eigenvalue weighted by Crippen LogP contribution is -2.33. The van der Waals surface area contributed by atoms with E-state index in [0.29, 0.717) is 11.7 Å². The van der Waals surface area contributed by atoms with Crippen molar-refractivity contribution in [2.75, 3.05) is 0 Å². The van der Waals surface area contributed by atoms with E-state index in [-0.39, 0.29) is 0 Å². The molecule has 0 rings (SSSR count). The number of aliphatic hydroxyl groups excluding tert-OH is 1. The monoisotopic (exact) mass is 292 g/mol. The summed E-state index contributed by atoms with van der Waals surface area (Å²) in [7, 11) is -1.33. The second kappa shape index (κ2) is 13.5. The normalized spacial score (nSPS) is 11.0. The highest BCUT2D eigenvalue weighted by atomic mass is 32.1. The fourth-order valence-corrected chi connectivity index (χ4v) is 4.52. The van der Waals surface area contributed by atoms with Crippen molar-refractivity contribution in [2.45, 2.75) is 84.5 Å². The highest BCUT2D eigenvalue weighted by Crippen LogP contribution is 2.18. The van der Waals surface area contributed by atoms with Gasteiger partial charge in [0.2, 0.25) is 0 Å². The minimum absolute atomic E-state index is 0.409. The van der Waals surface area contributed by atoms with Gasteiger partial charge in [-0.15, -0.1) is 0 Å². The Hall–Kier alpha value is 0.0669. The van der Waals surface area contributed by atoms with Crippen LogP contribution in [0, 0.1) is 0 Å². The van der Waals surface area contributed by atoms with Crippen molar-refractivity contribution in [3.63, 3.8) is 0 Å². The molecule has 0 radical (unpaired) electrons. The van der Waals surface area contributed by atoms with E-state index in [1.165, 1.54) is 44.6 Å². The Balaban J connectivity index is 0. The molecule has 4 heteroatoms. The molecule has 0 atom stereocenters. The van der Waals surface area contributed by atoms with Crippen molar-refractivity contribution in [3.8, 4) is 0 Å². The summed E-state index contributed by atoms with van der Waals surface area (Å²) in [5, 5.41) is 7.26. The van der Waals surface area contributed by atoms with Crippen molar-refractivity contribution in [1.29, 1.82) is 0 Å². The molecule has 0 aromatic rings. The van der Waals surface area contributed by atoms with Crippen molar-refractivity contribution in [1.82, 2.24) is 0 Å². The third-order valence-corrected chi connectivity index (χ3v) is 5.35. The number of aliphatic hydroxyl groups is 1. The van der Waals surface area contributed by atoms with Crippen LogP contribution in [0.15, 0.2) is 0 Å². The van der Waals surface area contributed by atoms with E-state index in [1.54, 1.807) is 0 Å². The molecule has 0 bridgehead atoms. The highest BCUT2D eigenvalue weighted by molar-refractivity contribution is 7.78. The van der Waals surface area contributed by atoms with Crippen molar-refractivity contribution in [3.05, 3.63) is 0 Å². The lowest BCUT2D eigenvalue weighted by molar-refractivity contribution is 0.230. The topological polar surface area (TPSA) is 29.5 Å². The molecule has 0 aromatic carbocycles. The molecule has 0 heterocycles. The van der Waals surface area contributed by atoms with Crippen LogP contribution in [0.1, 0.15) is 59.3 Å². The first-order valence-corrected chi connectivity index (χ1v) is 10.7. The van der Waals surface area contributed by atoms with Gasteiger partial charge < -0.3 is 9.53 Å². The molecule has 18 heavy (non-hydrogen) atoms. The van der Waals surface area contributed by atoms with Gasteiger partial charge in [-0.3, -0.25) is 0 Å². The number of thiocarbonyl (C=S) groups is 1. The molecule has 0 spiro atoms. The maximum absolute atomic E-state index is 7.26. The zero-order valence-electron chi connectivity index (χ0n) is 12.9. The van der Waals surface area contributed by atoms with Crippen LogP contribution in [-0.4, -0.2) is 25.1 Å². The summed E-state index contributed by atoms with van der Waals surface area (Å²) >= 11 is 3.82. The molecule has 0 aromatic heterocycles. The smallest absolute Gasteiger partial charge is 0.187 e. The Morgan fingerprint density at radius 3 is 2.00 bits per heavy atom.